The van der Waals surface area contributed by atoms with E-state index in [4.69, 9.17) is 0 Å². The van der Waals surface area contributed by atoms with Crippen LogP contribution in [-0.2, 0) is 0 Å². The Bertz CT molecular complexity index is 784. The number of hydrogen-bond acceptors (Lipinski definition) is 0. The van der Waals surface area contributed by atoms with Crippen LogP contribution >= 0.6 is 33.2 Å². The molecule has 0 rings (SSSR count). The van der Waals surface area contributed by atoms with Crippen LogP contribution in [0.25, 0.3) is 0 Å². The molecule has 0 aliphatic heterocycles. The van der Waals surface area contributed by atoms with Gasteiger partial charge >= 0.3 is 59.2 Å². The van der Waals surface area contributed by atoms with Crippen molar-refractivity contribution < 1.29 is 87.8 Å². The van der Waals surface area contributed by atoms with Gasteiger partial charge in [-0.2, -0.15) is 83.4 Å². The van der Waals surface area contributed by atoms with E-state index in [2.05, 4.69) is 33.2 Å². The van der Waals surface area contributed by atoms with Crippen LogP contribution in [0.15, 0.2) is 0 Å². The first-order chi connectivity index (χ1) is 15.1. The topological polar surface area (TPSA) is 0 Å². The maximum absolute atomic E-state index is 13.6. The van der Waals surface area contributed by atoms with Gasteiger partial charge in [0.05, 0.1) is 0 Å². The zero-order valence-corrected chi connectivity index (χ0v) is 19.0. The summed E-state index contributed by atoms with van der Waals surface area (Å²) in [6.45, 7) is 0. The minimum absolute atomic E-state index is 2.82. The number of hydrogen-bond donors (Lipinski definition) is 0. The summed E-state index contributed by atoms with van der Waals surface area (Å²) in [4.78, 5) is 0. The van der Waals surface area contributed by atoms with Gasteiger partial charge in [-0.3, -0.25) is 0 Å². The molecular weight excluding hydrogens is 659 g/mol. The molecule has 24 heteroatoms. The molecule has 0 aliphatic rings. The first kappa shape index (κ1) is 35.7. The van der Waals surface area contributed by atoms with Crippen molar-refractivity contribution in [2.24, 2.45) is 0 Å². The molecule has 0 saturated heterocycles. The summed E-state index contributed by atoms with van der Waals surface area (Å²) >= 11 is 12.9. The Kier molecular flexibility index (Phi) is 9.33. The van der Waals surface area contributed by atoms with Crippen molar-refractivity contribution in [3.8, 4) is 0 Å². The molecule has 1 unspecified atom stereocenters. The third kappa shape index (κ3) is 5.14. The van der Waals surface area contributed by atoms with Gasteiger partial charge < -0.3 is 0 Å². The summed E-state index contributed by atoms with van der Waals surface area (Å²) in [6.07, 6.45) is -16.6. The lowest BCUT2D eigenvalue weighted by Crippen LogP contribution is -2.76. The van der Waals surface area contributed by atoms with E-state index in [0.29, 0.717) is 0 Å². The molecular formula is C12H5Cl3F20Si. The molecule has 0 spiro atoms. The van der Waals surface area contributed by atoms with Gasteiger partial charge in [0.15, 0.2) is 6.17 Å². The van der Waals surface area contributed by atoms with Crippen molar-refractivity contribution in [1.82, 2.24) is 0 Å². The van der Waals surface area contributed by atoms with Crippen LogP contribution in [0.1, 0.15) is 12.8 Å². The fraction of sp³-hybridized carbons (Fsp3) is 1.00. The van der Waals surface area contributed by atoms with Crippen molar-refractivity contribution >= 4 is 39.2 Å². The zero-order valence-electron chi connectivity index (χ0n) is 15.7. The molecule has 0 radical (unpaired) electrons. The largest absolute Gasteiger partial charge is 0.424 e. The van der Waals surface area contributed by atoms with Gasteiger partial charge in [0.25, 0.3) is 0 Å². The average molecular weight is 664 g/mol. The van der Waals surface area contributed by atoms with E-state index < -0.39 is 78.2 Å². The van der Waals surface area contributed by atoms with E-state index >= 15 is 0 Å². The highest BCUT2D eigenvalue weighted by molar-refractivity contribution is 7.65. The zero-order chi connectivity index (χ0) is 30.0. The molecule has 0 aromatic heterocycles. The standard InChI is InChI=1S/C12H5Cl3F20Si/c13-36(14,15)12(34,35)11(32,33)10(30,31)9(28,29)8(26,27)7(24,25)6(22,23)5(20,21)3(16)1-2-4(17,18)19/h3H,1-2H2. The smallest absolute Gasteiger partial charge is 0.241 e. The number of alkyl halides is 20. The predicted octanol–water partition coefficient (Wildman–Crippen LogP) is 8.94. The summed E-state index contributed by atoms with van der Waals surface area (Å²) in [5.41, 5.74) is -7.04. The van der Waals surface area contributed by atoms with Crippen molar-refractivity contribution in [1.29, 1.82) is 0 Å². The van der Waals surface area contributed by atoms with Crippen LogP contribution in [-0.4, -0.2) is 65.4 Å². The fourth-order valence-electron chi connectivity index (χ4n) is 2.04. The molecule has 0 amide bonds. The number of halogens is 23. The van der Waals surface area contributed by atoms with E-state index in [-0.39, 0.29) is 0 Å². The second kappa shape index (κ2) is 9.41. The maximum atomic E-state index is 13.6. The Morgan fingerprint density at radius 3 is 1.03 bits per heavy atom. The third-order valence-electron chi connectivity index (χ3n) is 4.22. The van der Waals surface area contributed by atoms with Gasteiger partial charge in [0.1, 0.15) is 0 Å². The lowest BCUT2D eigenvalue weighted by molar-refractivity contribution is -0.451. The molecule has 0 aliphatic carbocycles. The van der Waals surface area contributed by atoms with Crippen LogP contribution in [0.4, 0.5) is 87.8 Å². The van der Waals surface area contributed by atoms with Crippen molar-refractivity contribution in [3.05, 3.63) is 0 Å². The van der Waals surface area contributed by atoms with Crippen molar-refractivity contribution in [2.45, 2.75) is 72.2 Å². The van der Waals surface area contributed by atoms with Crippen LogP contribution in [0.3, 0.4) is 0 Å². The molecule has 0 fully saturated rings. The van der Waals surface area contributed by atoms with Crippen LogP contribution in [0.5, 0.6) is 0 Å². The van der Waals surface area contributed by atoms with Gasteiger partial charge in [-0.1, -0.05) is 0 Å². The lowest BCUT2D eigenvalue weighted by atomic mass is 9.87. The SMILES string of the molecule is FC(CCC(F)(F)F)C(F)(F)C(F)(F)C(F)(F)C(F)(F)C(F)(F)C(F)(F)C(F)(F)C(F)(F)[Si](Cl)(Cl)Cl. The fourth-order valence-corrected chi connectivity index (χ4v) is 3.62. The highest BCUT2D eigenvalue weighted by atomic mass is 35.8. The molecule has 0 saturated carbocycles. The summed E-state index contributed by atoms with van der Waals surface area (Å²) in [5, 5.41) is 0. The quantitative estimate of drug-likeness (QED) is 0.118. The van der Waals surface area contributed by atoms with Crippen molar-refractivity contribution in [3.63, 3.8) is 0 Å². The molecule has 0 nitrogen and oxygen atoms in total. The Labute approximate surface area is 199 Å². The second-order valence-electron chi connectivity index (χ2n) is 6.76. The Hall–Kier alpha value is -0.313. The first-order valence-corrected chi connectivity index (χ1v) is 13.0. The molecule has 0 aromatic carbocycles. The molecule has 0 aromatic rings. The molecule has 0 N–H and O–H groups in total. The van der Waals surface area contributed by atoms with Gasteiger partial charge in [-0.05, 0) is 6.42 Å². The second-order valence-corrected chi connectivity index (χ2v) is 15.2. The molecule has 1 atom stereocenters. The van der Waals surface area contributed by atoms with E-state index in [9.17, 15) is 87.8 Å². The highest BCUT2D eigenvalue weighted by Crippen LogP contribution is 2.65. The van der Waals surface area contributed by atoms with E-state index in [0.717, 1.165) is 0 Å². The molecule has 0 bridgehead atoms. The Morgan fingerprint density at radius 1 is 0.472 bits per heavy atom. The first-order valence-electron chi connectivity index (χ1n) is 7.93. The summed E-state index contributed by atoms with van der Waals surface area (Å²) in [6, 6.07) is -6.74. The molecule has 0 heterocycles. The monoisotopic (exact) mass is 662 g/mol. The molecule has 218 valence electrons. The average Bonchev–Trinajstić information content (AvgIpc) is 2.63. The Balaban J connectivity index is 6.79. The maximum Gasteiger partial charge on any atom is 0.424 e. The minimum Gasteiger partial charge on any atom is -0.241 e. The summed E-state index contributed by atoms with van der Waals surface area (Å²) in [7, 11) is 0. The van der Waals surface area contributed by atoms with E-state index in [1.165, 1.54) is 0 Å². The van der Waals surface area contributed by atoms with Gasteiger partial charge in [-0.25, -0.2) is 4.39 Å². The highest BCUT2D eigenvalue weighted by Gasteiger charge is 2.96. The van der Waals surface area contributed by atoms with E-state index in [1.54, 1.807) is 0 Å². The normalized spacial score (nSPS) is 17.4. The van der Waals surface area contributed by atoms with E-state index in [1.807, 2.05) is 0 Å². The number of rotatable bonds is 11. The third-order valence-corrected chi connectivity index (χ3v) is 7.38. The van der Waals surface area contributed by atoms with Crippen LogP contribution in [0, 0.1) is 0 Å². The minimum atomic E-state index is -8.88. The molecule has 36 heavy (non-hydrogen) atoms. The van der Waals surface area contributed by atoms with Gasteiger partial charge in [0.2, 0.25) is 0 Å². The van der Waals surface area contributed by atoms with Gasteiger partial charge in [0, 0.05) is 6.42 Å². The van der Waals surface area contributed by atoms with Crippen LogP contribution in [0.2, 0.25) is 0 Å². The predicted molar refractivity (Wildman–Crippen MR) is 83.1 cm³/mol. The summed E-state index contributed by atoms with van der Waals surface area (Å²) < 4.78 is 265. The van der Waals surface area contributed by atoms with Crippen LogP contribution < -0.4 is 0 Å². The van der Waals surface area contributed by atoms with Crippen molar-refractivity contribution in [2.75, 3.05) is 0 Å². The Morgan fingerprint density at radius 2 is 0.750 bits per heavy atom. The van der Waals surface area contributed by atoms with Gasteiger partial charge in [-0.15, -0.1) is 33.2 Å². The lowest BCUT2D eigenvalue weighted by Gasteiger charge is -2.44. The summed E-state index contributed by atoms with van der Waals surface area (Å²) in [5.74, 6) is -58.9.